The maximum absolute atomic E-state index is 12.9. The summed E-state index contributed by atoms with van der Waals surface area (Å²) < 4.78 is 18.7. The van der Waals surface area contributed by atoms with Crippen molar-refractivity contribution in [2.75, 3.05) is 0 Å². The highest BCUT2D eigenvalue weighted by Gasteiger charge is 2.09. The molecule has 0 saturated carbocycles. The average Bonchev–Trinajstić information content (AvgIpc) is 2.67. The fourth-order valence-corrected chi connectivity index (χ4v) is 2.37. The van der Waals surface area contributed by atoms with Crippen molar-refractivity contribution in [1.82, 2.24) is 0 Å². The molecule has 0 amide bonds. The summed E-state index contributed by atoms with van der Waals surface area (Å²) in [5, 5.41) is 0. The maximum Gasteiger partial charge on any atom is 0.189 e. The molecule has 0 spiro atoms. The molecule has 0 atom stereocenters. The fourth-order valence-electron chi connectivity index (χ4n) is 2.37. The second-order valence-electron chi connectivity index (χ2n) is 5.52. The normalized spacial score (nSPS) is 10.8. The van der Waals surface area contributed by atoms with Crippen LogP contribution in [0.1, 0.15) is 21.5 Å². The van der Waals surface area contributed by atoms with E-state index in [1.54, 1.807) is 36.4 Å². The number of rotatable bonds is 6. The third kappa shape index (κ3) is 4.64. The van der Waals surface area contributed by atoms with Gasteiger partial charge in [0.1, 0.15) is 18.2 Å². The van der Waals surface area contributed by atoms with Crippen molar-refractivity contribution in [3.05, 3.63) is 107 Å². The van der Waals surface area contributed by atoms with Crippen LogP contribution >= 0.6 is 0 Å². The summed E-state index contributed by atoms with van der Waals surface area (Å²) in [5.74, 6) is 0.0798. The molecule has 0 saturated heterocycles. The van der Waals surface area contributed by atoms with Crippen LogP contribution in [0, 0.1) is 5.82 Å². The first-order valence-corrected chi connectivity index (χ1v) is 7.96. The van der Waals surface area contributed by atoms with Crippen LogP contribution in [-0.4, -0.2) is 5.78 Å². The van der Waals surface area contributed by atoms with Gasteiger partial charge in [0, 0.05) is 0 Å². The zero-order chi connectivity index (χ0) is 17.5. The van der Waals surface area contributed by atoms with E-state index >= 15 is 0 Å². The van der Waals surface area contributed by atoms with E-state index in [1.165, 1.54) is 18.2 Å². The SMILES string of the molecule is O=C(C=Cc1ccc(F)cc1)c1ccccc1OCc1ccccc1. The Morgan fingerprint density at radius 2 is 1.56 bits per heavy atom. The van der Waals surface area contributed by atoms with Crippen molar-refractivity contribution < 1.29 is 13.9 Å². The molecule has 2 nitrogen and oxygen atoms in total. The lowest BCUT2D eigenvalue weighted by molar-refractivity contribution is 0.104. The van der Waals surface area contributed by atoms with E-state index in [2.05, 4.69) is 0 Å². The molecular formula is C22H17FO2. The Labute approximate surface area is 146 Å². The van der Waals surface area contributed by atoms with Crippen LogP contribution < -0.4 is 4.74 Å². The Morgan fingerprint density at radius 1 is 0.880 bits per heavy atom. The second-order valence-corrected chi connectivity index (χ2v) is 5.52. The van der Waals surface area contributed by atoms with Crippen LogP contribution in [0.3, 0.4) is 0 Å². The first-order chi connectivity index (χ1) is 12.2. The number of hydrogen-bond donors (Lipinski definition) is 0. The Hall–Kier alpha value is -3.20. The lowest BCUT2D eigenvalue weighted by Crippen LogP contribution is -2.02. The minimum Gasteiger partial charge on any atom is -0.488 e. The molecule has 3 rings (SSSR count). The lowest BCUT2D eigenvalue weighted by atomic mass is 10.1. The van der Waals surface area contributed by atoms with E-state index in [-0.39, 0.29) is 11.6 Å². The predicted molar refractivity (Wildman–Crippen MR) is 97.0 cm³/mol. The van der Waals surface area contributed by atoms with Gasteiger partial charge in [0.15, 0.2) is 5.78 Å². The van der Waals surface area contributed by atoms with Crippen molar-refractivity contribution in [3.63, 3.8) is 0 Å². The minimum absolute atomic E-state index is 0.159. The number of benzene rings is 3. The van der Waals surface area contributed by atoms with Gasteiger partial charge in [0.05, 0.1) is 5.56 Å². The van der Waals surface area contributed by atoms with Gasteiger partial charge in [0.25, 0.3) is 0 Å². The lowest BCUT2D eigenvalue weighted by Gasteiger charge is -2.09. The van der Waals surface area contributed by atoms with Gasteiger partial charge in [-0.1, -0.05) is 60.7 Å². The summed E-state index contributed by atoms with van der Waals surface area (Å²) >= 11 is 0. The highest BCUT2D eigenvalue weighted by atomic mass is 19.1. The standard InChI is InChI=1S/C22H17FO2/c23-19-13-10-17(11-14-19)12-15-21(24)20-8-4-5-9-22(20)25-16-18-6-2-1-3-7-18/h1-15H,16H2. The second kappa shape index (κ2) is 8.06. The van der Waals surface area contributed by atoms with Gasteiger partial charge in [0.2, 0.25) is 0 Å². The third-order valence-electron chi connectivity index (χ3n) is 3.69. The number of carbonyl (C=O) groups excluding carboxylic acids is 1. The third-order valence-corrected chi connectivity index (χ3v) is 3.69. The Bertz CT molecular complexity index is 868. The number of carbonyl (C=O) groups is 1. The van der Waals surface area contributed by atoms with Crippen molar-refractivity contribution in [2.24, 2.45) is 0 Å². The topological polar surface area (TPSA) is 26.3 Å². The van der Waals surface area contributed by atoms with Gasteiger partial charge < -0.3 is 4.74 Å². The van der Waals surface area contributed by atoms with Crippen LogP contribution in [0.4, 0.5) is 4.39 Å². The van der Waals surface area contributed by atoms with Gasteiger partial charge in [-0.15, -0.1) is 0 Å². The first kappa shape index (κ1) is 16.7. The molecule has 3 heteroatoms. The number of halogens is 1. The van der Waals surface area contributed by atoms with Crippen molar-refractivity contribution >= 4 is 11.9 Å². The van der Waals surface area contributed by atoms with Crippen LogP contribution in [-0.2, 0) is 6.61 Å². The van der Waals surface area contributed by atoms with E-state index < -0.39 is 0 Å². The molecule has 0 bridgehead atoms. The zero-order valence-electron chi connectivity index (χ0n) is 13.6. The molecule has 0 aliphatic carbocycles. The number of para-hydroxylation sites is 1. The molecule has 3 aromatic carbocycles. The van der Waals surface area contributed by atoms with Crippen molar-refractivity contribution in [1.29, 1.82) is 0 Å². The molecule has 0 aliphatic rings. The number of ketones is 1. The molecule has 0 fully saturated rings. The van der Waals surface area contributed by atoms with Gasteiger partial charge in [-0.3, -0.25) is 4.79 Å². The number of hydrogen-bond acceptors (Lipinski definition) is 2. The highest BCUT2D eigenvalue weighted by molar-refractivity contribution is 6.08. The van der Waals surface area contributed by atoms with Crippen LogP contribution in [0.25, 0.3) is 6.08 Å². The summed E-state index contributed by atoms with van der Waals surface area (Å²) in [4.78, 5) is 12.5. The summed E-state index contributed by atoms with van der Waals surface area (Å²) in [6, 6.07) is 22.9. The van der Waals surface area contributed by atoms with Gasteiger partial charge >= 0.3 is 0 Å². The first-order valence-electron chi connectivity index (χ1n) is 7.96. The monoisotopic (exact) mass is 332 g/mol. The Morgan fingerprint density at radius 3 is 2.32 bits per heavy atom. The highest BCUT2D eigenvalue weighted by Crippen LogP contribution is 2.21. The fraction of sp³-hybridized carbons (Fsp3) is 0.0455. The van der Waals surface area contributed by atoms with Crippen LogP contribution in [0.2, 0.25) is 0 Å². The van der Waals surface area contributed by atoms with Crippen molar-refractivity contribution in [2.45, 2.75) is 6.61 Å². The number of ether oxygens (including phenoxy) is 1. The van der Waals surface area contributed by atoms with E-state index in [4.69, 9.17) is 4.74 Å². The van der Waals surface area contributed by atoms with E-state index in [0.717, 1.165) is 11.1 Å². The molecule has 0 radical (unpaired) electrons. The molecule has 0 aliphatic heterocycles. The summed E-state index contributed by atoms with van der Waals surface area (Å²) in [5.41, 5.74) is 2.29. The van der Waals surface area contributed by atoms with Gasteiger partial charge in [-0.25, -0.2) is 4.39 Å². The largest absolute Gasteiger partial charge is 0.488 e. The predicted octanol–water partition coefficient (Wildman–Crippen LogP) is 5.30. The smallest absolute Gasteiger partial charge is 0.189 e. The molecule has 0 aromatic heterocycles. The summed E-state index contributed by atoms with van der Waals surface area (Å²) in [6.07, 6.45) is 3.13. The van der Waals surface area contributed by atoms with Gasteiger partial charge in [-0.2, -0.15) is 0 Å². The zero-order valence-corrected chi connectivity index (χ0v) is 13.6. The maximum atomic E-state index is 12.9. The van der Waals surface area contributed by atoms with E-state index in [1.807, 2.05) is 36.4 Å². The van der Waals surface area contributed by atoms with Crippen LogP contribution in [0.5, 0.6) is 5.75 Å². The average molecular weight is 332 g/mol. The minimum atomic E-state index is -0.303. The Balaban J connectivity index is 1.73. The molecule has 3 aromatic rings. The van der Waals surface area contributed by atoms with E-state index in [9.17, 15) is 9.18 Å². The summed E-state index contributed by atoms with van der Waals surface area (Å²) in [7, 11) is 0. The van der Waals surface area contributed by atoms with Gasteiger partial charge in [-0.05, 0) is 41.5 Å². The molecule has 0 heterocycles. The molecule has 25 heavy (non-hydrogen) atoms. The van der Waals surface area contributed by atoms with Crippen LogP contribution in [0.15, 0.2) is 84.9 Å². The van der Waals surface area contributed by atoms with E-state index in [0.29, 0.717) is 17.9 Å². The molecule has 124 valence electrons. The van der Waals surface area contributed by atoms with Crippen molar-refractivity contribution in [3.8, 4) is 5.75 Å². The Kier molecular flexibility index (Phi) is 5.37. The molecule has 0 N–H and O–H groups in total. The quantitative estimate of drug-likeness (QED) is 0.452. The number of allylic oxidation sites excluding steroid dienone is 1. The molecular weight excluding hydrogens is 315 g/mol. The molecule has 0 unspecified atom stereocenters. The summed E-state index contributed by atoms with van der Waals surface area (Å²) in [6.45, 7) is 0.396.